The molecule has 29 heavy (non-hydrogen) atoms. The van der Waals surface area contributed by atoms with E-state index in [-0.39, 0.29) is 16.6 Å². The Morgan fingerprint density at radius 2 is 1.72 bits per heavy atom. The largest absolute Gasteiger partial charge is 0.417 e. The Balaban J connectivity index is 2.59. The molecule has 1 amide bonds. The topological polar surface area (TPSA) is 66.5 Å². The van der Waals surface area contributed by atoms with Gasteiger partial charge in [-0.1, -0.05) is 29.3 Å². The van der Waals surface area contributed by atoms with Crippen LogP contribution in [0.4, 0.5) is 18.9 Å². The molecule has 10 heteroatoms. The number of nitrogens with zero attached hydrogens (tertiary/aromatic N) is 1. The van der Waals surface area contributed by atoms with Crippen LogP contribution in [0.15, 0.2) is 47.4 Å². The Morgan fingerprint density at radius 1 is 1.14 bits per heavy atom. The number of nitrogens with one attached hydrogen (secondary N) is 1. The number of carbonyl (C=O) groups is 1. The van der Waals surface area contributed by atoms with Crippen molar-refractivity contribution in [1.29, 1.82) is 0 Å². The summed E-state index contributed by atoms with van der Waals surface area (Å²) in [5, 5.41) is 1.97. The number of benzene rings is 2. The second-order valence-electron chi connectivity index (χ2n) is 6.71. The van der Waals surface area contributed by atoms with Crippen LogP contribution in [0.25, 0.3) is 0 Å². The molecule has 0 fully saturated rings. The zero-order chi connectivity index (χ0) is 22.0. The fourth-order valence-corrected chi connectivity index (χ4v) is 4.17. The Labute approximate surface area is 172 Å². The molecule has 0 aliphatic carbocycles. The van der Waals surface area contributed by atoms with Crippen molar-refractivity contribution in [3.05, 3.63) is 58.6 Å². The Kier molecular flexibility index (Phi) is 6.85. The van der Waals surface area contributed by atoms with Gasteiger partial charge in [0.1, 0.15) is 6.54 Å². The molecule has 0 aliphatic rings. The summed E-state index contributed by atoms with van der Waals surface area (Å²) in [6.45, 7) is 4.44. The van der Waals surface area contributed by atoms with E-state index in [9.17, 15) is 26.4 Å². The Hall–Kier alpha value is -2.26. The smallest absolute Gasteiger partial charge is 0.352 e. The van der Waals surface area contributed by atoms with Gasteiger partial charge in [-0.3, -0.25) is 9.10 Å². The van der Waals surface area contributed by atoms with Gasteiger partial charge in [0.25, 0.3) is 10.0 Å². The quantitative estimate of drug-likeness (QED) is 0.712. The summed E-state index contributed by atoms with van der Waals surface area (Å²) in [6.07, 6.45) is -4.79. The van der Waals surface area contributed by atoms with E-state index >= 15 is 0 Å². The van der Waals surface area contributed by atoms with Gasteiger partial charge in [0.2, 0.25) is 5.91 Å². The summed E-state index contributed by atoms with van der Waals surface area (Å²) in [5.74, 6) is -0.654. The second kappa shape index (κ2) is 8.62. The number of hydrogen-bond donors (Lipinski definition) is 1. The molecule has 0 atom stereocenters. The maximum absolute atomic E-state index is 13.3. The third-order valence-electron chi connectivity index (χ3n) is 3.89. The minimum absolute atomic E-state index is 0.149. The predicted octanol–water partition coefficient (Wildman–Crippen LogP) is 4.39. The highest BCUT2D eigenvalue weighted by molar-refractivity contribution is 7.92. The normalized spacial score (nSPS) is 12.1. The maximum Gasteiger partial charge on any atom is 0.417 e. The second-order valence-corrected chi connectivity index (χ2v) is 8.98. The lowest BCUT2D eigenvalue weighted by Gasteiger charge is -2.25. The molecule has 0 spiro atoms. The fraction of sp³-hybridized carbons (Fsp3) is 0.316. The lowest BCUT2D eigenvalue weighted by atomic mass is 10.2. The van der Waals surface area contributed by atoms with Crippen LogP contribution in [0.1, 0.15) is 25.0 Å². The van der Waals surface area contributed by atoms with Gasteiger partial charge in [0, 0.05) is 6.04 Å². The highest BCUT2D eigenvalue weighted by atomic mass is 35.5. The third-order valence-corrected chi connectivity index (χ3v) is 6.01. The van der Waals surface area contributed by atoms with Crippen molar-refractivity contribution >= 4 is 33.2 Å². The zero-order valence-electron chi connectivity index (χ0n) is 15.9. The zero-order valence-corrected chi connectivity index (χ0v) is 17.5. The van der Waals surface area contributed by atoms with E-state index < -0.39 is 39.2 Å². The third kappa shape index (κ3) is 5.63. The van der Waals surface area contributed by atoms with Crippen LogP contribution in [0.3, 0.4) is 0 Å². The van der Waals surface area contributed by atoms with E-state index in [0.717, 1.165) is 17.7 Å². The molecular weight excluding hydrogens is 429 g/mol. The lowest BCUT2D eigenvalue weighted by molar-refractivity contribution is -0.137. The van der Waals surface area contributed by atoms with Gasteiger partial charge in [-0.25, -0.2) is 8.42 Å². The molecule has 0 saturated carbocycles. The molecule has 0 unspecified atom stereocenters. The van der Waals surface area contributed by atoms with Crippen molar-refractivity contribution in [1.82, 2.24) is 5.32 Å². The molecule has 0 aromatic heterocycles. The molecular formula is C19H20ClF3N2O3S. The highest BCUT2D eigenvalue weighted by Crippen LogP contribution is 2.38. The molecule has 2 aromatic carbocycles. The number of anilines is 1. The van der Waals surface area contributed by atoms with Crippen LogP contribution in [-0.2, 0) is 21.0 Å². The summed E-state index contributed by atoms with van der Waals surface area (Å²) in [6, 6.07) is 8.21. The number of hydrogen-bond acceptors (Lipinski definition) is 3. The minimum Gasteiger partial charge on any atom is -0.352 e. The molecule has 5 nitrogen and oxygen atoms in total. The number of alkyl halides is 3. The number of sulfonamides is 1. The Morgan fingerprint density at radius 3 is 2.24 bits per heavy atom. The van der Waals surface area contributed by atoms with Crippen LogP contribution < -0.4 is 9.62 Å². The first-order valence-electron chi connectivity index (χ1n) is 8.58. The monoisotopic (exact) mass is 448 g/mol. The molecule has 0 aliphatic heterocycles. The first-order chi connectivity index (χ1) is 13.3. The van der Waals surface area contributed by atoms with Crippen LogP contribution in [0, 0.1) is 6.92 Å². The summed E-state index contributed by atoms with van der Waals surface area (Å²) < 4.78 is 66.7. The molecule has 1 N–H and O–H groups in total. The van der Waals surface area contributed by atoms with Crippen molar-refractivity contribution < 1.29 is 26.4 Å². The maximum atomic E-state index is 13.3. The Bertz CT molecular complexity index is 991. The van der Waals surface area contributed by atoms with Gasteiger partial charge in [-0.2, -0.15) is 13.2 Å². The molecule has 0 saturated heterocycles. The first-order valence-corrected chi connectivity index (χ1v) is 10.4. The van der Waals surface area contributed by atoms with Crippen LogP contribution in [0.5, 0.6) is 0 Å². The van der Waals surface area contributed by atoms with E-state index in [4.69, 9.17) is 11.6 Å². The van der Waals surface area contributed by atoms with Crippen molar-refractivity contribution in [2.45, 2.75) is 37.9 Å². The minimum atomic E-state index is -4.79. The van der Waals surface area contributed by atoms with E-state index in [1.54, 1.807) is 32.9 Å². The molecule has 0 radical (unpaired) electrons. The van der Waals surface area contributed by atoms with Crippen molar-refractivity contribution in [3.8, 4) is 0 Å². The summed E-state index contributed by atoms with van der Waals surface area (Å²) in [7, 11) is -4.31. The number of amides is 1. The van der Waals surface area contributed by atoms with E-state index in [2.05, 4.69) is 5.32 Å². The highest BCUT2D eigenvalue weighted by Gasteiger charge is 2.35. The first kappa shape index (κ1) is 23.0. The standard InChI is InChI=1S/C19H20ClF3N2O3S/c1-12(2)24-18(26)11-25(29(27,28)15-7-4-13(3)5-8-15)14-6-9-17(20)16(10-14)19(21,22)23/h4-10,12H,11H2,1-3H3,(H,24,26). The van der Waals surface area contributed by atoms with Gasteiger partial charge in [-0.05, 0) is 51.1 Å². The number of rotatable bonds is 6. The number of aryl methyl sites for hydroxylation is 1. The molecule has 158 valence electrons. The molecule has 2 aromatic rings. The van der Waals surface area contributed by atoms with Crippen molar-refractivity contribution in [3.63, 3.8) is 0 Å². The van der Waals surface area contributed by atoms with Gasteiger partial charge in [-0.15, -0.1) is 0 Å². The average Bonchev–Trinajstić information content (AvgIpc) is 2.59. The van der Waals surface area contributed by atoms with Crippen LogP contribution in [-0.4, -0.2) is 26.9 Å². The van der Waals surface area contributed by atoms with Gasteiger partial charge in [0.15, 0.2) is 0 Å². The molecule has 0 heterocycles. The van der Waals surface area contributed by atoms with Gasteiger partial charge >= 0.3 is 6.18 Å². The summed E-state index contributed by atoms with van der Waals surface area (Å²) in [5.41, 5.74) is -0.704. The van der Waals surface area contributed by atoms with Crippen LogP contribution >= 0.6 is 11.6 Å². The average molecular weight is 449 g/mol. The predicted molar refractivity (Wildman–Crippen MR) is 105 cm³/mol. The lowest BCUT2D eigenvalue weighted by Crippen LogP contribution is -2.43. The van der Waals surface area contributed by atoms with Gasteiger partial charge in [0.05, 0.1) is 21.2 Å². The van der Waals surface area contributed by atoms with E-state index in [0.29, 0.717) is 10.4 Å². The molecule has 2 rings (SSSR count). The summed E-state index contributed by atoms with van der Waals surface area (Å²) >= 11 is 5.64. The van der Waals surface area contributed by atoms with Crippen LogP contribution in [0.2, 0.25) is 5.02 Å². The van der Waals surface area contributed by atoms with E-state index in [1.807, 2.05) is 0 Å². The van der Waals surface area contributed by atoms with Gasteiger partial charge < -0.3 is 5.32 Å². The summed E-state index contributed by atoms with van der Waals surface area (Å²) in [4.78, 5) is 12.1. The molecule has 0 bridgehead atoms. The number of halogens is 4. The van der Waals surface area contributed by atoms with E-state index in [1.165, 1.54) is 12.1 Å². The fourth-order valence-electron chi connectivity index (χ4n) is 2.54. The van der Waals surface area contributed by atoms with Crippen molar-refractivity contribution in [2.75, 3.05) is 10.8 Å². The number of carbonyl (C=O) groups excluding carboxylic acids is 1. The SMILES string of the molecule is Cc1ccc(S(=O)(=O)N(CC(=O)NC(C)C)c2ccc(Cl)c(C(F)(F)F)c2)cc1. The van der Waals surface area contributed by atoms with Crippen molar-refractivity contribution in [2.24, 2.45) is 0 Å².